The van der Waals surface area contributed by atoms with Crippen molar-refractivity contribution >= 4 is 35.2 Å². The number of nitrogens with zero attached hydrogens (tertiary/aromatic N) is 1. The Bertz CT molecular complexity index is 856. The van der Waals surface area contributed by atoms with Crippen molar-refractivity contribution in [1.29, 1.82) is 0 Å². The second-order valence-electron chi connectivity index (χ2n) is 8.08. The summed E-state index contributed by atoms with van der Waals surface area (Å²) in [6.45, 7) is 2.19. The third-order valence-corrected chi connectivity index (χ3v) is 6.94. The predicted molar refractivity (Wildman–Crippen MR) is 128 cm³/mol. The van der Waals surface area contributed by atoms with Crippen LogP contribution < -0.4 is 5.32 Å². The van der Waals surface area contributed by atoms with E-state index in [2.05, 4.69) is 5.32 Å². The van der Waals surface area contributed by atoms with E-state index < -0.39 is 6.04 Å². The van der Waals surface area contributed by atoms with Gasteiger partial charge in [-0.1, -0.05) is 61.2 Å². The highest BCUT2D eigenvalue weighted by Gasteiger charge is 2.27. The molecule has 0 aliphatic heterocycles. The third-order valence-electron chi connectivity index (χ3n) is 5.69. The van der Waals surface area contributed by atoms with Crippen molar-refractivity contribution < 1.29 is 9.59 Å². The van der Waals surface area contributed by atoms with Gasteiger partial charge in [0.25, 0.3) is 0 Å². The summed E-state index contributed by atoms with van der Waals surface area (Å²) in [5.41, 5.74) is 0.925. The van der Waals surface area contributed by atoms with Crippen molar-refractivity contribution in [3.05, 3.63) is 65.2 Å². The van der Waals surface area contributed by atoms with Gasteiger partial charge in [0.2, 0.25) is 11.8 Å². The van der Waals surface area contributed by atoms with Gasteiger partial charge in [0.15, 0.2) is 0 Å². The average Bonchev–Trinajstić information content (AvgIpc) is 2.78. The molecule has 1 aliphatic carbocycles. The summed E-state index contributed by atoms with van der Waals surface area (Å²) in [5, 5.41) is 3.80. The summed E-state index contributed by atoms with van der Waals surface area (Å²) in [4.78, 5) is 29.0. The Kier molecular flexibility index (Phi) is 9.29. The first-order valence-electron chi connectivity index (χ1n) is 11.0. The Morgan fingerprint density at radius 2 is 1.84 bits per heavy atom. The molecule has 1 N–H and O–H groups in total. The van der Waals surface area contributed by atoms with Gasteiger partial charge in [-0.15, -0.1) is 11.8 Å². The van der Waals surface area contributed by atoms with Gasteiger partial charge in [0.1, 0.15) is 6.04 Å². The minimum atomic E-state index is -0.532. The summed E-state index contributed by atoms with van der Waals surface area (Å²) < 4.78 is 0. The highest BCUT2D eigenvalue weighted by Crippen LogP contribution is 2.21. The molecule has 166 valence electrons. The van der Waals surface area contributed by atoms with Crippen LogP contribution in [0.3, 0.4) is 0 Å². The molecule has 0 saturated heterocycles. The number of thioether (sulfide) groups is 1. The number of hydrogen-bond donors (Lipinski definition) is 1. The normalized spacial score (nSPS) is 15.3. The Labute approximate surface area is 194 Å². The molecule has 31 heavy (non-hydrogen) atoms. The molecule has 2 amide bonds. The van der Waals surface area contributed by atoms with Crippen molar-refractivity contribution in [3.63, 3.8) is 0 Å². The summed E-state index contributed by atoms with van der Waals surface area (Å²) >= 11 is 7.80. The van der Waals surface area contributed by atoms with Crippen LogP contribution in [0.4, 0.5) is 0 Å². The minimum absolute atomic E-state index is 0.0188. The topological polar surface area (TPSA) is 49.4 Å². The average molecular weight is 459 g/mol. The van der Waals surface area contributed by atoms with E-state index in [1.54, 1.807) is 16.7 Å². The Morgan fingerprint density at radius 3 is 2.55 bits per heavy atom. The van der Waals surface area contributed by atoms with E-state index in [1.165, 1.54) is 6.42 Å². The van der Waals surface area contributed by atoms with Gasteiger partial charge in [-0.25, -0.2) is 0 Å². The number of amides is 2. The van der Waals surface area contributed by atoms with Crippen LogP contribution in [0.2, 0.25) is 5.02 Å². The molecule has 1 aliphatic rings. The van der Waals surface area contributed by atoms with Crippen molar-refractivity contribution in [2.24, 2.45) is 0 Å². The van der Waals surface area contributed by atoms with Gasteiger partial charge in [0, 0.05) is 34.7 Å². The third kappa shape index (κ3) is 7.58. The first-order chi connectivity index (χ1) is 15.0. The highest BCUT2D eigenvalue weighted by atomic mass is 35.5. The van der Waals surface area contributed by atoms with Gasteiger partial charge in [-0.2, -0.15) is 0 Å². The van der Waals surface area contributed by atoms with Crippen LogP contribution in [-0.2, 0) is 16.1 Å². The van der Waals surface area contributed by atoms with Crippen molar-refractivity contribution in [1.82, 2.24) is 10.2 Å². The summed E-state index contributed by atoms with van der Waals surface area (Å²) in [6.07, 6.45) is 5.97. The van der Waals surface area contributed by atoms with Crippen molar-refractivity contribution in [2.45, 2.75) is 69.0 Å². The van der Waals surface area contributed by atoms with Crippen LogP contribution in [0.15, 0.2) is 59.5 Å². The predicted octanol–water partition coefficient (Wildman–Crippen LogP) is 5.69. The van der Waals surface area contributed by atoms with E-state index in [4.69, 9.17) is 11.6 Å². The first-order valence-corrected chi connectivity index (χ1v) is 12.4. The van der Waals surface area contributed by atoms with Gasteiger partial charge in [-0.05, 0) is 49.6 Å². The summed E-state index contributed by atoms with van der Waals surface area (Å²) in [6, 6.07) is 17.2. The zero-order chi connectivity index (χ0) is 22.1. The van der Waals surface area contributed by atoms with E-state index in [-0.39, 0.29) is 17.9 Å². The van der Waals surface area contributed by atoms with E-state index in [0.717, 1.165) is 36.1 Å². The van der Waals surface area contributed by atoms with Crippen LogP contribution in [0.5, 0.6) is 0 Å². The number of carbonyl (C=O) groups excluding carboxylic acids is 2. The molecule has 2 aromatic carbocycles. The summed E-state index contributed by atoms with van der Waals surface area (Å²) in [7, 11) is 0. The molecule has 0 spiro atoms. The van der Waals surface area contributed by atoms with E-state index in [9.17, 15) is 9.59 Å². The number of hydrogen-bond acceptors (Lipinski definition) is 3. The molecular weight excluding hydrogens is 428 g/mol. The maximum atomic E-state index is 13.2. The van der Waals surface area contributed by atoms with E-state index in [0.29, 0.717) is 23.7 Å². The lowest BCUT2D eigenvalue weighted by atomic mass is 9.95. The lowest BCUT2D eigenvalue weighted by Crippen LogP contribution is -2.50. The fourth-order valence-electron chi connectivity index (χ4n) is 3.90. The highest BCUT2D eigenvalue weighted by molar-refractivity contribution is 7.99. The fourth-order valence-corrected chi connectivity index (χ4v) is 4.97. The number of nitrogens with one attached hydrogen (secondary N) is 1. The molecule has 0 heterocycles. The van der Waals surface area contributed by atoms with Gasteiger partial charge in [0.05, 0.1) is 0 Å². The second kappa shape index (κ2) is 12.2. The zero-order valence-corrected chi connectivity index (χ0v) is 19.6. The quantitative estimate of drug-likeness (QED) is 0.491. The van der Waals surface area contributed by atoms with E-state index in [1.807, 2.05) is 61.5 Å². The number of rotatable bonds is 9. The van der Waals surface area contributed by atoms with Crippen LogP contribution in [0, 0.1) is 0 Å². The number of carbonyl (C=O) groups is 2. The SMILES string of the molecule is C[C@H](C(=O)NC1CCCCC1)N(Cc1cccc(Cl)c1)C(=O)CCSc1ccccc1. The molecule has 2 aromatic rings. The molecule has 3 rings (SSSR count). The largest absolute Gasteiger partial charge is 0.352 e. The van der Waals surface area contributed by atoms with Crippen LogP contribution in [0.25, 0.3) is 0 Å². The molecule has 0 unspecified atom stereocenters. The number of benzene rings is 2. The van der Waals surface area contributed by atoms with Gasteiger partial charge < -0.3 is 10.2 Å². The smallest absolute Gasteiger partial charge is 0.242 e. The first kappa shape index (κ1) is 23.7. The molecule has 4 nitrogen and oxygen atoms in total. The lowest BCUT2D eigenvalue weighted by Gasteiger charge is -2.31. The van der Waals surface area contributed by atoms with Crippen LogP contribution in [0.1, 0.15) is 51.0 Å². The fraction of sp³-hybridized carbons (Fsp3) is 0.440. The van der Waals surface area contributed by atoms with Crippen molar-refractivity contribution in [3.8, 4) is 0 Å². The standard InChI is InChI=1S/C25H31ClN2O2S/c1-19(25(30)27-22-11-4-2-5-12-22)28(18-20-9-8-10-21(26)17-20)24(29)15-16-31-23-13-6-3-7-14-23/h3,6-10,13-14,17,19,22H,2,4-5,11-12,15-16,18H2,1H3,(H,27,30)/t19-/m1/s1. The Morgan fingerprint density at radius 1 is 1.10 bits per heavy atom. The van der Waals surface area contributed by atoms with Crippen molar-refractivity contribution in [2.75, 3.05) is 5.75 Å². The lowest BCUT2D eigenvalue weighted by molar-refractivity contribution is -0.140. The molecule has 1 atom stereocenters. The van der Waals surface area contributed by atoms with Gasteiger partial charge in [-0.3, -0.25) is 9.59 Å². The maximum Gasteiger partial charge on any atom is 0.242 e. The van der Waals surface area contributed by atoms with Gasteiger partial charge >= 0.3 is 0 Å². The zero-order valence-electron chi connectivity index (χ0n) is 18.1. The number of halogens is 1. The molecular formula is C25H31ClN2O2S. The molecule has 1 saturated carbocycles. The molecule has 6 heteroatoms. The summed E-state index contributed by atoms with van der Waals surface area (Å²) in [5.74, 6) is 0.582. The second-order valence-corrected chi connectivity index (χ2v) is 9.69. The molecule has 0 bridgehead atoms. The monoisotopic (exact) mass is 458 g/mol. The Hall–Kier alpha value is -1.98. The maximum absolute atomic E-state index is 13.2. The molecule has 0 radical (unpaired) electrons. The minimum Gasteiger partial charge on any atom is -0.352 e. The molecule has 0 aromatic heterocycles. The Balaban J connectivity index is 1.65. The molecule has 1 fully saturated rings. The van der Waals surface area contributed by atoms with Crippen LogP contribution in [-0.4, -0.2) is 34.6 Å². The van der Waals surface area contributed by atoms with Crippen LogP contribution >= 0.6 is 23.4 Å². The van der Waals surface area contributed by atoms with E-state index >= 15 is 0 Å².